The Morgan fingerprint density at radius 1 is 0.933 bits per heavy atom. The van der Waals surface area contributed by atoms with E-state index >= 15 is 0 Å². The fraction of sp³-hybridized carbons (Fsp3) is 0.182. The summed E-state index contributed by atoms with van der Waals surface area (Å²) in [7, 11) is 0. The summed E-state index contributed by atoms with van der Waals surface area (Å²) in [4.78, 5) is 17.7. The Kier molecular flexibility index (Phi) is 5.31. The molecule has 1 fully saturated rings. The highest BCUT2D eigenvalue weighted by molar-refractivity contribution is 5.94. The van der Waals surface area contributed by atoms with Gasteiger partial charge in [0.25, 0.3) is 5.91 Å². The summed E-state index contributed by atoms with van der Waals surface area (Å²) >= 11 is 0. The van der Waals surface area contributed by atoms with Crippen molar-refractivity contribution in [3.8, 4) is 17.4 Å². The van der Waals surface area contributed by atoms with Crippen LogP contribution in [0.5, 0.6) is 17.4 Å². The largest absolute Gasteiger partial charge is 0.470 e. The number of amides is 1. The lowest BCUT2D eigenvalue weighted by molar-refractivity contribution is -0.140. The van der Waals surface area contributed by atoms with Crippen LogP contribution in [-0.2, 0) is 6.18 Å². The molecule has 2 aromatic carbocycles. The van der Waals surface area contributed by atoms with Crippen LogP contribution in [0.25, 0.3) is 0 Å². The van der Waals surface area contributed by atoms with Crippen molar-refractivity contribution in [3.05, 3.63) is 84.1 Å². The molecule has 1 saturated heterocycles. The van der Waals surface area contributed by atoms with Crippen LogP contribution in [0.1, 0.15) is 15.9 Å². The lowest BCUT2D eigenvalue weighted by atomic mass is 10.1. The van der Waals surface area contributed by atoms with Gasteiger partial charge in [-0.25, -0.2) is 4.98 Å². The number of likely N-dealkylation sites (tertiary alicyclic amines) is 1. The van der Waals surface area contributed by atoms with Crippen LogP contribution in [0, 0.1) is 0 Å². The van der Waals surface area contributed by atoms with Crippen LogP contribution < -0.4 is 9.47 Å². The number of nitrogens with zero attached hydrogens (tertiary/aromatic N) is 2. The molecule has 1 aliphatic heterocycles. The Morgan fingerprint density at radius 2 is 1.60 bits per heavy atom. The van der Waals surface area contributed by atoms with Crippen LogP contribution in [0.4, 0.5) is 13.2 Å². The summed E-state index contributed by atoms with van der Waals surface area (Å²) in [5, 5.41) is 0. The van der Waals surface area contributed by atoms with E-state index in [-0.39, 0.29) is 19.0 Å². The normalized spacial score (nSPS) is 14.2. The van der Waals surface area contributed by atoms with Crippen LogP contribution in [0.2, 0.25) is 0 Å². The molecule has 0 N–H and O–H groups in total. The van der Waals surface area contributed by atoms with Gasteiger partial charge in [0.2, 0.25) is 5.88 Å². The molecule has 1 aromatic heterocycles. The van der Waals surface area contributed by atoms with Crippen molar-refractivity contribution in [2.75, 3.05) is 13.1 Å². The topological polar surface area (TPSA) is 51.7 Å². The zero-order valence-electron chi connectivity index (χ0n) is 15.7. The average Bonchev–Trinajstić information content (AvgIpc) is 2.71. The molecule has 30 heavy (non-hydrogen) atoms. The van der Waals surface area contributed by atoms with Crippen LogP contribution in [-0.4, -0.2) is 35.0 Å². The molecule has 0 bridgehead atoms. The summed E-state index contributed by atoms with van der Waals surface area (Å²) in [6.45, 7) is 0.379. The van der Waals surface area contributed by atoms with E-state index in [1.807, 2.05) is 30.3 Å². The Bertz CT molecular complexity index is 1020. The van der Waals surface area contributed by atoms with Gasteiger partial charge in [0.15, 0.2) is 0 Å². The number of benzene rings is 2. The molecule has 1 aliphatic rings. The predicted octanol–water partition coefficient (Wildman–Crippen LogP) is 4.80. The van der Waals surface area contributed by atoms with Crippen molar-refractivity contribution >= 4 is 5.91 Å². The fourth-order valence-electron chi connectivity index (χ4n) is 3.01. The number of carbonyl (C=O) groups excluding carboxylic acids is 1. The molecule has 4 rings (SSSR count). The zero-order valence-corrected chi connectivity index (χ0v) is 15.7. The summed E-state index contributed by atoms with van der Waals surface area (Å²) in [6, 6.07) is 18.1. The maximum absolute atomic E-state index is 13.0. The number of carbonyl (C=O) groups is 1. The van der Waals surface area contributed by atoms with Gasteiger partial charge in [-0.3, -0.25) is 4.79 Å². The van der Waals surface area contributed by atoms with E-state index in [4.69, 9.17) is 9.47 Å². The molecular formula is C22H17F3N2O3. The lowest BCUT2D eigenvalue weighted by Crippen LogP contribution is -2.56. The minimum atomic E-state index is -4.55. The van der Waals surface area contributed by atoms with Gasteiger partial charge in [-0.1, -0.05) is 18.2 Å². The number of aromatic nitrogens is 1. The number of pyridine rings is 1. The van der Waals surface area contributed by atoms with E-state index in [1.54, 1.807) is 24.3 Å². The molecule has 2 heterocycles. The first-order chi connectivity index (χ1) is 14.4. The Balaban J connectivity index is 1.34. The Labute approximate surface area is 170 Å². The molecule has 154 valence electrons. The second-order valence-corrected chi connectivity index (χ2v) is 6.74. The standard InChI is InChI=1S/C22H17F3N2O3/c23-22(24,25)19-7-4-12-26-20(19)30-18-13-27(14-18)21(28)15-8-10-17(11-9-15)29-16-5-2-1-3-6-16/h1-12,18H,13-14H2. The van der Waals surface area contributed by atoms with E-state index in [1.165, 1.54) is 17.2 Å². The third kappa shape index (κ3) is 4.37. The first-order valence-electron chi connectivity index (χ1n) is 9.21. The number of hydrogen-bond acceptors (Lipinski definition) is 4. The molecular weight excluding hydrogens is 397 g/mol. The SMILES string of the molecule is O=C(c1ccc(Oc2ccccc2)cc1)N1CC(Oc2ncccc2C(F)(F)F)C1. The van der Waals surface area contributed by atoms with E-state index in [9.17, 15) is 18.0 Å². The van der Waals surface area contributed by atoms with Crippen molar-refractivity contribution in [2.24, 2.45) is 0 Å². The van der Waals surface area contributed by atoms with Crippen LogP contribution >= 0.6 is 0 Å². The summed E-state index contributed by atoms with van der Waals surface area (Å²) in [6.07, 6.45) is -3.84. The average molecular weight is 414 g/mol. The Hall–Kier alpha value is -3.55. The van der Waals surface area contributed by atoms with E-state index < -0.39 is 23.7 Å². The molecule has 3 aromatic rings. The molecule has 0 aliphatic carbocycles. The third-order valence-electron chi connectivity index (χ3n) is 4.57. The van der Waals surface area contributed by atoms with Gasteiger partial charge in [-0.2, -0.15) is 13.2 Å². The minimum Gasteiger partial charge on any atom is -0.470 e. The van der Waals surface area contributed by atoms with Gasteiger partial charge in [0.05, 0.1) is 13.1 Å². The molecule has 5 nitrogen and oxygen atoms in total. The molecule has 0 spiro atoms. The number of hydrogen-bond donors (Lipinski definition) is 0. The molecule has 1 amide bonds. The molecule has 0 unspecified atom stereocenters. The van der Waals surface area contributed by atoms with Gasteiger partial charge < -0.3 is 14.4 Å². The van der Waals surface area contributed by atoms with Gasteiger partial charge in [0.1, 0.15) is 23.2 Å². The predicted molar refractivity (Wildman–Crippen MR) is 103 cm³/mol. The third-order valence-corrected chi connectivity index (χ3v) is 4.57. The monoisotopic (exact) mass is 414 g/mol. The quantitative estimate of drug-likeness (QED) is 0.602. The number of ether oxygens (including phenoxy) is 2. The second-order valence-electron chi connectivity index (χ2n) is 6.74. The first kappa shape index (κ1) is 19.8. The minimum absolute atomic E-state index is 0.189. The summed E-state index contributed by atoms with van der Waals surface area (Å²) in [5.74, 6) is 0.590. The maximum atomic E-state index is 13.0. The highest BCUT2D eigenvalue weighted by Crippen LogP contribution is 2.35. The molecule has 0 atom stereocenters. The van der Waals surface area contributed by atoms with Crippen LogP contribution in [0.15, 0.2) is 72.9 Å². The Morgan fingerprint density at radius 3 is 2.27 bits per heavy atom. The molecule has 0 radical (unpaired) electrons. The number of alkyl halides is 3. The van der Waals surface area contributed by atoms with Gasteiger partial charge in [0, 0.05) is 11.8 Å². The van der Waals surface area contributed by atoms with E-state index in [2.05, 4.69) is 4.98 Å². The number of rotatable bonds is 5. The number of halogens is 3. The second kappa shape index (κ2) is 8.06. The summed E-state index contributed by atoms with van der Waals surface area (Å²) in [5.41, 5.74) is -0.466. The summed E-state index contributed by atoms with van der Waals surface area (Å²) < 4.78 is 50.1. The lowest BCUT2D eigenvalue weighted by Gasteiger charge is -2.39. The fourth-order valence-corrected chi connectivity index (χ4v) is 3.01. The molecule has 8 heteroatoms. The van der Waals surface area contributed by atoms with Crippen molar-refractivity contribution in [3.63, 3.8) is 0 Å². The smallest absolute Gasteiger partial charge is 0.421 e. The number of para-hydroxylation sites is 1. The van der Waals surface area contributed by atoms with E-state index in [0.29, 0.717) is 17.1 Å². The van der Waals surface area contributed by atoms with Gasteiger partial charge in [-0.05, 0) is 48.5 Å². The van der Waals surface area contributed by atoms with Gasteiger partial charge >= 0.3 is 6.18 Å². The zero-order chi connectivity index (χ0) is 21.1. The van der Waals surface area contributed by atoms with Crippen molar-refractivity contribution in [1.82, 2.24) is 9.88 Å². The van der Waals surface area contributed by atoms with Crippen molar-refractivity contribution in [1.29, 1.82) is 0 Å². The van der Waals surface area contributed by atoms with Crippen LogP contribution in [0.3, 0.4) is 0 Å². The van der Waals surface area contributed by atoms with E-state index in [0.717, 1.165) is 6.07 Å². The highest BCUT2D eigenvalue weighted by atomic mass is 19.4. The molecule has 0 saturated carbocycles. The van der Waals surface area contributed by atoms with Crippen molar-refractivity contribution < 1.29 is 27.4 Å². The maximum Gasteiger partial charge on any atom is 0.421 e. The first-order valence-corrected chi connectivity index (χ1v) is 9.21. The van der Waals surface area contributed by atoms with Crippen molar-refractivity contribution in [2.45, 2.75) is 12.3 Å². The highest BCUT2D eigenvalue weighted by Gasteiger charge is 2.38. The van der Waals surface area contributed by atoms with Gasteiger partial charge in [-0.15, -0.1) is 0 Å².